The summed E-state index contributed by atoms with van der Waals surface area (Å²) in [5.74, 6) is 2.29. The molecule has 0 aliphatic heterocycles. The molecule has 0 radical (unpaired) electrons. The van der Waals surface area contributed by atoms with Gasteiger partial charge in [0.1, 0.15) is 5.75 Å². The van der Waals surface area contributed by atoms with E-state index in [0.717, 1.165) is 12.0 Å². The van der Waals surface area contributed by atoms with Gasteiger partial charge in [0.15, 0.2) is 0 Å². The van der Waals surface area contributed by atoms with E-state index < -0.39 is 0 Å². The molecule has 0 spiro atoms. The number of unbranched alkanes of at least 4 members (excludes halogenated alkanes) is 3. The zero-order valence-corrected chi connectivity index (χ0v) is 16.9. The van der Waals surface area contributed by atoms with E-state index in [1.54, 1.807) is 0 Å². The summed E-state index contributed by atoms with van der Waals surface area (Å²) in [5, 5.41) is 10.4. The second kappa shape index (κ2) is 10.1. The molecule has 24 heavy (non-hydrogen) atoms. The van der Waals surface area contributed by atoms with Crippen LogP contribution in [0.1, 0.15) is 98.0 Å². The summed E-state index contributed by atoms with van der Waals surface area (Å²) >= 11 is 0. The lowest BCUT2D eigenvalue weighted by Gasteiger charge is -2.35. The Morgan fingerprint density at radius 2 is 1.62 bits per heavy atom. The van der Waals surface area contributed by atoms with Crippen molar-refractivity contribution >= 4 is 0 Å². The van der Waals surface area contributed by atoms with Crippen molar-refractivity contribution < 1.29 is 5.11 Å². The molecule has 1 N–H and O–H groups in total. The van der Waals surface area contributed by atoms with Gasteiger partial charge >= 0.3 is 0 Å². The molecule has 1 rings (SSSR count). The average molecular weight is 333 g/mol. The van der Waals surface area contributed by atoms with Crippen LogP contribution < -0.4 is 0 Å². The Morgan fingerprint density at radius 3 is 2.17 bits per heavy atom. The van der Waals surface area contributed by atoms with Crippen LogP contribution in [0.15, 0.2) is 24.3 Å². The maximum absolute atomic E-state index is 10.4. The minimum atomic E-state index is 0.325. The standard InChI is InChI=1S/C23H40O/c1-7-8-9-10-13-20(23(4,5)6)17-19(16-18(2)3)21-14-11-12-15-22(21)24/h11-12,14-15,18-20,24H,7-10,13,16-17H2,1-6H3. The van der Waals surface area contributed by atoms with Gasteiger partial charge in [-0.25, -0.2) is 0 Å². The van der Waals surface area contributed by atoms with Crippen molar-refractivity contribution in [1.82, 2.24) is 0 Å². The number of hydrogen-bond donors (Lipinski definition) is 1. The molecule has 0 aliphatic carbocycles. The lowest BCUT2D eigenvalue weighted by molar-refractivity contribution is 0.187. The van der Waals surface area contributed by atoms with Crippen molar-refractivity contribution in [2.24, 2.45) is 17.3 Å². The fourth-order valence-electron chi connectivity index (χ4n) is 3.82. The fraction of sp³-hybridized carbons (Fsp3) is 0.739. The number of benzene rings is 1. The molecule has 0 fully saturated rings. The molecule has 2 atom stereocenters. The Kier molecular flexibility index (Phi) is 8.87. The van der Waals surface area contributed by atoms with Crippen molar-refractivity contribution in [2.45, 2.75) is 92.4 Å². The van der Waals surface area contributed by atoms with Gasteiger partial charge in [0.2, 0.25) is 0 Å². The molecule has 1 aromatic rings. The smallest absolute Gasteiger partial charge is 0.119 e. The summed E-state index contributed by atoms with van der Waals surface area (Å²) in [4.78, 5) is 0. The first kappa shape index (κ1) is 21.1. The molecule has 0 bridgehead atoms. The summed E-state index contributed by atoms with van der Waals surface area (Å²) in [7, 11) is 0. The SMILES string of the molecule is CCCCCCC(CC(CC(C)C)c1ccccc1O)C(C)(C)C. The summed E-state index contributed by atoms with van der Waals surface area (Å²) in [6.07, 6.45) is 9.00. The molecule has 0 amide bonds. The largest absolute Gasteiger partial charge is 0.508 e. The molecular weight excluding hydrogens is 292 g/mol. The second-order valence-corrected chi connectivity index (χ2v) is 9.03. The van der Waals surface area contributed by atoms with E-state index in [1.807, 2.05) is 12.1 Å². The highest BCUT2D eigenvalue weighted by atomic mass is 16.3. The summed E-state index contributed by atoms with van der Waals surface area (Å²) < 4.78 is 0. The molecular formula is C23H40O. The van der Waals surface area contributed by atoms with E-state index in [9.17, 15) is 5.11 Å². The molecule has 1 nitrogen and oxygen atoms in total. The van der Waals surface area contributed by atoms with E-state index >= 15 is 0 Å². The minimum Gasteiger partial charge on any atom is -0.508 e. The highest BCUT2D eigenvalue weighted by Gasteiger charge is 2.29. The fourth-order valence-corrected chi connectivity index (χ4v) is 3.82. The summed E-state index contributed by atoms with van der Waals surface area (Å²) in [5.41, 5.74) is 1.47. The number of rotatable bonds is 10. The van der Waals surface area contributed by atoms with Gasteiger partial charge < -0.3 is 5.11 Å². The van der Waals surface area contributed by atoms with E-state index in [-0.39, 0.29) is 0 Å². The van der Waals surface area contributed by atoms with Gasteiger partial charge in [-0.15, -0.1) is 0 Å². The van der Waals surface area contributed by atoms with Crippen LogP contribution in [-0.4, -0.2) is 5.11 Å². The number of para-hydroxylation sites is 1. The van der Waals surface area contributed by atoms with Crippen LogP contribution in [0.3, 0.4) is 0 Å². The van der Waals surface area contributed by atoms with Gasteiger partial charge in [0, 0.05) is 0 Å². The Morgan fingerprint density at radius 1 is 0.958 bits per heavy atom. The molecule has 0 saturated heterocycles. The molecule has 0 aliphatic rings. The molecule has 0 heterocycles. The number of aromatic hydroxyl groups is 1. The lowest BCUT2D eigenvalue weighted by Crippen LogP contribution is -2.23. The maximum atomic E-state index is 10.4. The Balaban J connectivity index is 2.88. The van der Waals surface area contributed by atoms with E-state index in [2.05, 4.69) is 53.7 Å². The molecule has 0 aromatic heterocycles. The normalized spacial score (nSPS) is 14.8. The zero-order valence-electron chi connectivity index (χ0n) is 16.9. The zero-order chi connectivity index (χ0) is 18.2. The second-order valence-electron chi connectivity index (χ2n) is 9.03. The van der Waals surface area contributed by atoms with E-state index in [0.29, 0.717) is 28.9 Å². The first-order chi connectivity index (χ1) is 11.3. The van der Waals surface area contributed by atoms with Crippen LogP contribution in [0.25, 0.3) is 0 Å². The predicted octanol–water partition coefficient (Wildman–Crippen LogP) is 7.54. The Bertz CT molecular complexity index is 455. The highest BCUT2D eigenvalue weighted by molar-refractivity contribution is 5.35. The van der Waals surface area contributed by atoms with Crippen LogP contribution in [0, 0.1) is 17.3 Å². The van der Waals surface area contributed by atoms with Crippen LogP contribution in [0.5, 0.6) is 5.75 Å². The van der Waals surface area contributed by atoms with Crippen molar-refractivity contribution in [2.75, 3.05) is 0 Å². The average Bonchev–Trinajstić information content (AvgIpc) is 2.48. The van der Waals surface area contributed by atoms with Gasteiger partial charge in [-0.1, -0.05) is 85.4 Å². The third-order valence-electron chi connectivity index (χ3n) is 5.33. The van der Waals surface area contributed by atoms with Gasteiger partial charge in [0.05, 0.1) is 0 Å². The number of hydrogen-bond acceptors (Lipinski definition) is 1. The van der Waals surface area contributed by atoms with Crippen molar-refractivity contribution in [3.05, 3.63) is 29.8 Å². The van der Waals surface area contributed by atoms with Gasteiger partial charge in [-0.3, -0.25) is 0 Å². The Hall–Kier alpha value is -0.980. The predicted molar refractivity (Wildman–Crippen MR) is 107 cm³/mol. The highest BCUT2D eigenvalue weighted by Crippen LogP contribution is 2.42. The maximum Gasteiger partial charge on any atom is 0.119 e. The van der Waals surface area contributed by atoms with Gasteiger partial charge in [-0.2, -0.15) is 0 Å². The van der Waals surface area contributed by atoms with Crippen molar-refractivity contribution in [3.63, 3.8) is 0 Å². The van der Waals surface area contributed by atoms with E-state index in [1.165, 1.54) is 38.5 Å². The minimum absolute atomic E-state index is 0.325. The first-order valence-corrected chi connectivity index (χ1v) is 10.0. The van der Waals surface area contributed by atoms with Crippen LogP contribution >= 0.6 is 0 Å². The van der Waals surface area contributed by atoms with Crippen LogP contribution in [0.2, 0.25) is 0 Å². The molecule has 1 aromatic carbocycles. The van der Waals surface area contributed by atoms with Crippen molar-refractivity contribution in [3.8, 4) is 5.75 Å². The third-order valence-corrected chi connectivity index (χ3v) is 5.33. The topological polar surface area (TPSA) is 20.2 Å². The van der Waals surface area contributed by atoms with Crippen LogP contribution in [0.4, 0.5) is 0 Å². The monoisotopic (exact) mass is 332 g/mol. The molecule has 138 valence electrons. The first-order valence-electron chi connectivity index (χ1n) is 10.0. The number of phenols is 1. The summed E-state index contributed by atoms with van der Waals surface area (Å²) in [6.45, 7) is 14.0. The summed E-state index contributed by atoms with van der Waals surface area (Å²) in [6, 6.07) is 7.96. The third kappa shape index (κ3) is 7.28. The molecule has 1 heteroatoms. The van der Waals surface area contributed by atoms with Gasteiger partial charge in [-0.05, 0) is 54.1 Å². The number of phenolic OH excluding ortho intramolecular Hbond substituents is 1. The van der Waals surface area contributed by atoms with Crippen molar-refractivity contribution in [1.29, 1.82) is 0 Å². The van der Waals surface area contributed by atoms with E-state index in [4.69, 9.17) is 0 Å². The van der Waals surface area contributed by atoms with Gasteiger partial charge in [0.25, 0.3) is 0 Å². The lowest BCUT2D eigenvalue weighted by atomic mass is 9.71. The Labute approximate surface area is 150 Å². The molecule has 0 saturated carbocycles. The molecule has 2 unspecified atom stereocenters. The quantitative estimate of drug-likeness (QED) is 0.439. The van der Waals surface area contributed by atoms with Crippen LogP contribution in [-0.2, 0) is 0 Å².